The molecule has 0 aliphatic rings. The number of rotatable bonds is 2. The summed E-state index contributed by atoms with van der Waals surface area (Å²) in [4.78, 5) is 0. The van der Waals surface area contributed by atoms with Crippen LogP contribution in [-0.4, -0.2) is 18.4 Å². The predicted octanol–water partition coefficient (Wildman–Crippen LogP) is 2.11. The smallest absolute Gasteiger partial charge is 0.115 e. The van der Waals surface area contributed by atoms with E-state index in [0.29, 0.717) is 5.75 Å². The summed E-state index contributed by atoms with van der Waals surface area (Å²) in [6, 6.07) is 7.13. The van der Waals surface area contributed by atoms with E-state index in [0.717, 1.165) is 5.69 Å². The quantitative estimate of drug-likeness (QED) is 0.686. The molecule has 0 bridgehead atoms. The van der Waals surface area contributed by atoms with Crippen LogP contribution in [0.5, 0.6) is 5.75 Å². The fraction of sp³-hybridized carbons (Fsp3) is 0.250. The first-order chi connectivity index (χ1) is 5.24. The number of benzene rings is 1. The van der Waals surface area contributed by atoms with Gasteiger partial charge in [0.15, 0.2) is 0 Å². The maximum atomic E-state index is 8.99. The fourth-order valence-electron chi connectivity index (χ4n) is 0.768. The van der Waals surface area contributed by atoms with E-state index in [-0.39, 0.29) is 0 Å². The van der Waals surface area contributed by atoms with Crippen molar-refractivity contribution in [1.29, 1.82) is 0 Å². The van der Waals surface area contributed by atoms with Gasteiger partial charge < -0.3 is 9.41 Å². The molecule has 1 aromatic rings. The SMILES string of the molecule is CSN(C)c1ccc(O)cc1. The molecule has 3 heteroatoms. The van der Waals surface area contributed by atoms with Crippen LogP contribution in [0.2, 0.25) is 0 Å². The highest BCUT2D eigenvalue weighted by molar-refractivity contribution is 7.99. The Balaban J connectivity index is 2.81. The highest BCUT2D eigenvalue weighted by Crippen LogP contribution is 2.20. The van der Waals surface area contributed by atoms with E-state index >= 15 is 0 Å². The minimum absolute atomic E-state index is 0.309. The highest BCUT2D eigenvalue weighted by atomic mass is 32.2. The molecule has 0 aliphatic heterocycles. The highest BCUT2D eigenvalue weighted by Gasteiger charge is 1.96. The summed E-state index contributed by atoms with van der Waals surface area (Å²) < 4.78 is 2.03. The van der Waals surface area contributed by atoms with Crippen molar-refractivity contribution in [3.8, 4) is 5.75 Å². The van der Waals surface area contributed by atoms with E-state index in [1.54, 1.807) is 24.1 Å². The summed E-state index contributed by atoms with van der Waals surface area (Å²) in [6.07, 6.45) is 2.01. The lowest BCUT2D eigenvalue weighted by molar-refractivity contribution is 0.475. The summed E-state index contributed by atoms with van der Waals surface area (Å²) >= 11 is 1.64. The zero-order valence-electron chi connectivity index (χ0n) is 6.61. The van der Waals surface area contributed by atoms with Crippen LogP contribution in [0, 0.1) is 0 Å². The van der Waals surface area contributed by atoms with Crippen molar-refractivity contribution in [1.82, 2.24) is 0 Å². The zero-order valence-corrected chi connectivity index (χ0v) is 7.43. The van der Waals surface area contributed by atoms with E-state index in [2.05, 4.69) is 0 Å². The zero-order chi connectivity index (χ0) is 8.27. The molecule has 0 radical (unpaired) electrons. The molecule has 0 amide bonds. The van der Waals surface area contributed by atoms with Crippen molar-refractivity contribution >= 4 is 17.6 Å². The number of hydrogen-bond donors (Lipinski definition) is 1. The van der Waals surface area contributed by atoms with Crippen LogP contribution in [0.3, 0.4) is 0 Å². The minimum atomic E-state index is 0.309. The van der Waals surface area contributed by atoms with Gasteiger partial charge in [-0.15, -0.1) is 0 Å². The monoisotopic (exact) mass is 169 g/mol. The molecule has 0 aliphatic carbocycles. The van der Waals surface area contributed by atoms with Crippen LogP contribution < -0.4 is 4.31 Å². The van der Waals surface area contributed by atoms with Gasteiger partial charge in [0, 0.05) is 19.0 Å². The van der Waals surface area contributed by atoms with E-state index in [4.69, 9.17) is 5.11 Å². The van der Waals surface area contributed by atoms with Crippen molar-refractivity contribution in [2.45, 2.75) is 0 Å². The van der Waals surface area contributed by atoms with Crippen molar-refractivity contribution < 1.29 is 5.11 Å². The number of hydrogen-bond acceptors (Lipinski definition) is 3. The molecule has 0 spiro atoms. The summed E-state index contributed by atoms with van der Waals surface area (Å²) in [7, 11) is 1.98. The van der Waals surface area contributed by atoms with Crippen molar-refractivity contribution in [2.24, 2.45) is 0 Å². The van der Waals surface area contributed by atoms with Gasteiger partial charge in [0.2, 0.25) is 0 Å². The molecule has 1 N–H and O–H groups in total. The third-order valence-electron chi connectivity index (χ3n) is 1.49. The van der Waals surface area contributed by atoms with Gasteiger partial charge in [0.05, 0.1) is 0 Å². The van der Waals surface area contributed by atoms with Crippen molar-refractivity contribution in [3.63, 3.8) is 0 Å². The van der Waals surface area contributed by atoms with Crippen LogP contribution in [0.25, 0.3) is 0 Å². The lowest BCUT2D eigenvalue weighted by Crippen LogP contribution is -2.03. The topological polar surface area (TPSA) is 23.5 Å². The second-order valence-electron chi connectivity index (χ2n) is 2.20. The average molecular weight is 169 g/mol. The van der Waals surface area contributed by atoms with Gasteiger partial charge in [-0.05, 0) is 24.3 Å². The normalized spacial score (nSPS) is 9.64. The molecule has 0 fully saturated rings. The van der Waals surface area contributed by atoms with Crippen molar-refractivity contribution in [3.05, 3.63) is 24.3 Å². The Morgan fingerprint density at radius 1 is 1.27 bits per heavy atom. The third kappa shape index (κ3) is 2.05. The molecule has 0 heterocycles. The van der Waals surface area contributed by atoms with Gasteiger partial charge in [-0.3, -0.25) is 0 Å². The van der Waals surface area contributed by atoms with E-state index in [1.807, 2.05) is 29.7 Å². The standard InChI is InChI=1S/C8H11NOS/c1-9(11-2)7-3-5-8(10)6-4-7/h3-6,10H,1-2H3. The Kier molecular flexibility index (Phi) is 2.65. The molecule has 11 heavy (non-hydrogen) atoms. The van der Waals surface area contributed by atoms with Gasteiger partial charge in [0.25, 0.3) is 0 Å². The number of aromatic hydroxyl groups is 1. The first kappa shape index (κ1) is 8.27. The molecule has 1 aromatic carbocycles. The van der Waals surface area contributed by atoms with Crippen LogP contribution in [-0.2, 0) is 0 Å². The minimum Gasteiger partial charge on any atom is -0.508 e. The Hall–Kier alpha value is -0.830. The Labute approximate surface area is 71.0 Å². The van der Waals surface area contributed by atoms with Crippen LogP contribution >= 0.6 is 11.9 Å². The molecule has 0 saturated heterocycles. The molecule has 1 rings (SSSR count). The molecule has 2 nitrogen and oxygen atoms in total. The fourth-order valence-corrected chi connectivity index (χ4v) is 1.10. The summed E-state index contributed by atoms with van der Waals surface area (Å²) in [5.74, 6) is 0.309. The van der Waals surface area contributed by atoms with E-state index < -0.39 is 0 Å². The molecule has 60 valence electrons. The maximum absolute atomic E-state index is 8.99. The Bertz CT molecular complexity index is 222. The first-order valence-electron chi connectivity index (χ1n) is 3.31. The first-order valence-corrected chi connectivity index (χ1v) is 4.49. The van der Waals surface area contributed by atoms with Gasteiger partial charge in [-0.25, -0.2) is 0 Å². The summed E-state index contributed by atoms with van der Waals surface area (Å²) in [5, 5.41) is 8.99. The second kappa shape index (κ2) is 3.53. The number of phenols is 1. The molecule has 0 unspecified atom stereocenters. The van der Waals surface area contributed by atoms with Gasteiger partial charge in [-0.1, -0.05) is 11.9 Å². The number of anilines is 1. The molecular weight excluding hydrogens is 158 g/mol. The van der Waals surface area contributed by atoms with Crippen LogP contribution in [0.1, 0.15) is 0 Å². The van der Waals surface area contributed by atoms with E-state index in [9.17, 15) is 0 Å². The van der Waals surface area contributed by atoms with Gasteiger partial charge >= 0.3 is 0 Å². The van der Waals surface area contributed by atoms with Crippen LogP contribution in [0.4, 0.5) is 5.69 Å². The Morgan fingerprint density at radius 2 is 1.82 bits per heavy atom. The van der Waals surface area contributed by atoms with Gasteiger partial charge in [-0.2, -0.15) is 0 Å². The van der Waals surface area contributed by atoms with Gasteiger partial charge in [0.1, 0.15) is 5.75 Å². The number of nitrogens with zero attached hydrogens (tertiary/aromatic N) is 1. The largest absolute Gasteiger partial charge is 0.508 e. The summed E-state index contributed by atoms with van der Waals surface area (Å²) in [5.41, 5.74) is 1.09. The molecule has 0 saturated carbocycles. The molecular formula is C8H11NOS. The van der Waals surface area contributed by atoms with E-state index in [1.165, 1.54) is 0 Å². The number of phenolic OH excluding ortho intramolecular Hbond substituents is 1. The van der Waals surface area contributed by atoms with Crippen molar-refractivity contribution in [2.75, 3.05) is 17.6 Å². The predicted molar refractivity (Wildman–Crippen MR) is 50.0 cm³/mol. The average Bonchev–Trinajstić information content (AvgIpc) is 2.05. The molecule has 0 aromatic heterocycles. The lowest BCUT2D eigenvalue weighted by atomic mass is 10.3. The third-order valence-corrected chi connectivity index (χ3v) is 2.25. The Morgan fingerprint density at radius 3 is 2.27 bits per heavy atom. The summed E-state index contributed by atoms with van der Waals surface area (Å²) in [6.45, 7) is 0. The lowest BCUT2D eigenvalue weighted by Gasteiger charge is -2.14. The molecule has 0 atom stereocenters. The van der Waals surface area contributed by atoms with Crippen LogP contribution in [0.15, 0.2) is 24.3 Å². The maximum Gasteiger partial charge on any atom is 0.115 e. The second-order valence-corrected chi connectivity index (χ2v) is 3.11.